The third-order valence-corrected chi connectivity index (χ3v) is 3.26. The normalized spacial score (nSPS) is 10.3. The van der Waals surface area contributed by atoms with E-state index in [1.54, 1.807) is 18.2 Å². The van der Waals surface area contributed by atoms with Gasteiger partial charge in [-0.1, -0.05) is 30.1 Å². The number of rotatable bonds is 3. The van der Waals surface area contributed by atoms with Crippen LogP contribution in [0.4, 0.5) is 0 Å². The Morgan fingerprint density at radius 1 is 1.42 bits per heavy atom. The van der Waals surface area contributed by atoms with Crippen LogP contribution in [0.1, 0.15) is 18.2 Å². The summed E-state index contributed by atoms with van der Waals surface area (Å²) in [5, 5.41) is 14.3. The molecule has 0 N–H and O–H groups in total. The molecule has 4 nitrogen and oxygen atoms in total. The smallest absolute Gasteiger partial charge is 0.221 e. The number of benzene rings is 1. The third-order valence-electron chi connectivity index (χ3n) is 2.73. The Hall–Kier alpha value is -1.70. The van der Waals surface area contributed by atoms with Crippen molar-refractivity contribution in [2.75, 3.05) is 7.11 Å². The van der Waals surface area contributed by atoms with E-state index in [0.29, 0.717) is 33.7 Å². The second kappa shape index (κ2) is 5.52. The Balaban J connectivity index is 2.69. The van der Waals surface area contributed by atoms with Crippen LogP contribution in [0.5, 0.6) is 5.88 Å². The van der Waals surface area contributed by atoms with Gasteiger partial charge in [-0.15, -0.1) is 0 Å². The number of hydrogen-bond donors (Lipinski definition) is 0. The van der Waals surface area contributed by atoms with E-state index >= 15 is 0 Å². The fourth-order valence-electron chi connectivity index (χ4n) is 1.87. The van der Waals surface area contributed by atoms with Gasteiger partial charge in [0.1, 0.15) is 6.07 Å². The van der Waals surface area contributed by atoms with Crippen LogP contribution in [0.15, 0.2) is 18.2 Å². The molecule has 0 saturated carbocycles. The van der Waals surface area contributed by atoms with Gasteiger partial charge in [-0.2, -0.15) is 15.0 Å². The molecule has 0 saturated heterocycles. The van der Waals surface area contributed by atoms with E-state index in [9.17, 15) is 0 Å². The molecule has 6 heteroatoms. The Morgan fingerprint density at radius 2 is 2.16 bits per heavy atom. The van der Waals surface area contributed by atoms with Gasteiger partial charge < -0.3 is 4.74 Å². The predicted octanol–water partition coefficient (Wildman–Crippen LogP) is 3.62. The average molecular weight is 296 g/mol. The quantitative estimate of drug-likeness (QED) is 0.869. The molecular formula is C13H11Cl2N3O. The summed E-state index contributed by atoms with van der Waals surface area (Å²) in [6, 6.07) is 7.13. The summed E-state index contributed by atoms with van der Waals surface area (Å²) in [5.74, 6) is 0.517. The highest BCUT2D eigenvalue weighted by Crippen LogP contribution is 2.31. The van der Waals surface area contributed by atoms with E-state index in [2.05, 4.69) is 11.2 Å². The molecule has 0 radical (unpaired) electrons. The van der Waals surface area contributed by atoms with Gasteiger partial charge in [0.15, 0.2) is 5.69 Å². The first kappa shape index (κ1) is 13.7. The lowest BCUT2D eigenvalue weighted by molar-refractivity contribution is 0.379. The fraction of sp³-hybridized carbons (Fsp3) is 0.231. The number of methoxy groups -OCH3 is 1. The molecule has 0 amide bonds. The van der Waals surface area contributed by atoms with Crippen LogP contribution in [-0.4, -0.2) is 16.9 Å². The van der Waals surface area contributed by atoms with Crippen LogP contribution in [0, 0.1) is 11.3 Å². The second-order valence-corrected chi connectivity index (χ2v) is 4.65. The summed E-state index contributed by atoms with van der Waals surface area (Å²) < 4.78 is 6.87. The topological polar surface area (TPSA) is 50.8 Å². The minimum absolute atomic E-state index is 0.338. The maximum atomic E-state index is 9.11. The Bertz CT molecular complexity index is 659. The van der Waals surface area contributed by atoms with E-state index in [1.165, 1.54) is 11.8 Å². The minimum Gasteiger partial charge on any atom is -0.481 e. The number of nitriles is 1. The molecule has 19 heavy (non-hydrogen) atoms. The molecule has 0 aliphatic heterocycles. The highest BCUT2D eigenvalue weighted by atomic mass is 35.5. The summed E-state index contributed by atoms with van der Waals surface area (Å²) >= 11 is 12.0. The van der Waals surface area contributed by atoms with Crippen molar-refractivity contribution in [3.05, 3.63) is 39.5 Å². The zero-order valence-corrected chi connectivity index (χ0v) is 12.0. The summed E-state index contributed by atoms with van der Waals surface area (Å²) in [4.78, 5) is 0. The first-order valence-electron chi connectivity index (χ1n) is 5.63. The Kier molecular flexibility index (Phi) is 3.98. The van der Waals surface area contributed by atoms with Gasteiger partial charge >= 0.3 is 0 Å². The highest BCUT2D eigenvalue weighted by Gasteiger charge is 2.19. The van der Waals surface area contributed by atoms with Crippen molar-refractivity contribution in [1.82, 2.24) is 9.78 Å². The number of halogens is 2. The van der Waals surface area contributed by atoms with Crippen LogP contribution in [0.2, 0.25) is 10.0 Å². The first-order valence-corrected chi connectivity index (χ1v) is 6.39. The molecule has 0 fully saturated rings. The minimum atomic E-state index is 0.338. The van der Waals surface area contributed by atoms with Gasteiger partial charge in [0, 0.05) is 5.02 Å². The molecule has 0 unspecified atom stereocenters. The Morgan fingerprint density at radius 3 is 2.68 bits per heavy atom. The lowest BCUT2D eigenvalue weighted by Crippen LogP contribution is -2.01. The van der Waals surface area contributed by atoms with Gasteiger partial charge in [0.2, 0.25) is 5.88 Å². The maximum absolute atomic E-state index is 9.11. The van der Waals surface area contributed by atoms with Crippen LogP contribution in [0.3, 0.4) is 0 Å². The van der Waals surface area contributed by atoms with Gasteiger partial charge in [0.05, 0.1) is 23.4 Å². The van der Waals surface area contributed by atoms with Gasteiger partial charge in [-0.05, 0) is 24.6 Å². The molecule has 0 aliphatic carbocycles. The zero-order valence-electron chi connectivity index (χ0n) is 10.4. The molecule has 2 rings (SSSR count). The first-order chi connectivity index (χ1) is 9.12. The standard InChI is InChI=1S/C13H11Cl2N3O/c1-3-9-11(7-16)17-18(13(9)19-2)12-5-4-8(14)6-10(12)15/h4-6H,3H2,1-2H3. The molecule has 0 atom stereocenters. The number of hydrogen-bond acceptors (Lipinski definition) is 3. The van der Waals surface area contributed by atoms with E-state index in [0.717, 1.165) is 5.56 Å². The van der Waals surface area contributed by atoms with Gasteiger partial charge in [-0.25, -0.2) is 0 Å². The molecule has 2 aromatic rings. The molecule has 1 heterocycles. The average Bonchev–Trinajstić information content (AvgIpc) is 2.76. The zero-order chi connectivity index (χ0) is 14.0. The molecule has 0 spiro atoms. The maximum Gasteiger partial charge on any atom is 0.221 e. The van der Waals surface area contributed by atoms with Crippen molar-refractivity contribution in [3.63, 3.8) is 0 Å². The van der Waals surface area contributed by atoms with Crippen LogP contribution >= 0.6 is 23.2 Å². The fourth-order valence-corrected chi connectivity index (χ4v) is 2.36. The van der Waals surface area contributed by atoms with Crippen molar-refractivity contribution in [2.24, 2.45) is 0 Å². The van der Waals surface area contributed by atoms with E-state index < -0.39 is 0 Å². The van der Waals surface area contributed by atoms with Gasteiger partial charge in [0.25, 0.3) is 0 Å². The SMILES string of the molecule is CCc1c(C#N)nn(-c2ccc(Cl)cc2Cl)c1OC. The van der Waals surface area contributed by atoms with E-state index in [4.69, 9.17) is 33.2 Å². The van der Waals surface area contributed by atoms with Crippen molar-refractivity contribution < 1.29 is 4.74 Å². The Labute approximate surface area is 121 Å². The van der Waals surface area contributed by atoms with Gasteiger partial charge in [-0.3, -0.25) is 0 Å². The summed E-state index contributed by atoms with van der Waals surface area (Å²) in [6.07, 6.45) is 0.650. The number of ether oxygens (including phenoxy) is 1. The lowest BCUT2D eigenvalue weighted by atomic mass is 10.2. The molecule has 0 bridgehead atoms. The predicted molar refractivity (Wildman–Crippen MR) is 74.2 cm³/mol. The number of aromatic nitrogens is 2. The molecule has 98 valence electrons. The summed E-state index contributed by atoms with van der Waals surface area (Å²) in [7, 11) is 1.54. The molecular weight excluding hydrogens is 285 g/mol. The lowest BCUT2D eigenvalue weighted by Gasteiger charge is -2.09. The van der Waals surface area contributed by atoms with E-state index in [1.807, 2.05) is 6.92 Å². The highest BCUT2D eigenvalue weighted by molar-refractivity contribution is 6.35. The molecule has 1 aromatic heterocycles. The van der Waals surface area contributed by atoms with Crippen LogP contribution in [0.25, 0.3) is 5.69 Å². The van der Waals surface area contributed by atoms with Crippen molar-refractivity contribution >= 4 is 23.2 Å². The molecule has 0 aliphatic rings. The summed E-state index contributed by atoms with van der Waals surface area (Å²) in [6.45, 7) is 1.94. The van der Waals surface area contributed by atoms with Crippen molar-refractivity contribution in [2.45, 2.75) is 13.3 Å². The van der Waals surface area contributed by atoms with E-state index in [-0.39, 0.29) is 0 Å². The molecule has 1 aromatic carbocycles. The largest absolute Gasteiger partial charge is 0.481 e. The van der Waals surface area contributed by atoms with Crippen molar-refractivity contribution in [1.29, 1.82) is 5.26 Å². The third kappa shape index (κ3) is 2.40. The second-order valence-electron chi connectivity index (χ2n) is 3.81. The van der Waals surface area contributed by atoms with Crippen LogP contribution in [-0.2, 0) is 6.42 Å². The number of nitrogens with zero attached hydrogens (tertiary/aromatic N) is 3. The van der Waals surface area contributed by atoms with Crippen molar-refractivity contribution in [3.8, 4) is 17.6 Å². The summed E-state index contributed by atoms with van der Waals surface area (Å²) in [5.41, 5.74) is 1.72. The van der Waals surface area contributed by atoms with Crippen LogP contribution < -0.4 is 4.74 Å². The monoisotopic (exact) mass is 295 g/mol.